The molecule has 0 saturated carbocycles. The molecule has 122 valence electrons. The second kappa shape index (κ2) is 6.58. The number of para-hydroxylation sites is 1. The first-order valence-corrected chi connectivity index (χ1v) is 7.42. The average Bonchev–Trinajstić information content (AvgIpc) is 2.96. The number of ether oxygens (including phenoxy) is 2. The van der Waals surface area contributed by atoms with Crippen LogP contribution in [0.3, 0.4) is 0 Å². The molecule has 0 N–H and O–H groups in total. The summed E-state index contributed by atoms with van der Waals surface area (Å²) in [5.74, 6) is -0.709. The molecular formula is C19H16O5. The summed E-state index contributed by atoms with van der Waals surface area (Å²) in [5.41, 5.74) is 2.63. The zero-order valence-corrected chi connectivity index (χ0v) is 13.4. The molecule has 3 aromatic rings. The number of benzene rings is 2. The Hall–Kier alpha value is -3.08. The van der Waals surface area contributed by atoms with E-state index >= 15 is 0 Å². The van der Waals surface area contributed by atoms with Crippen molar-refractivity contribution < 1.29 is 23.5 Å². The predicted octanol–water partition coefficient (Wildman–Crippen LogP) is 3.88. The van der Waals surface area contributed by atoms with Crippen LogP contribution in [0.1, 0.15) is 32.0 Å². The fraction of sp³-hybridized carbons (Fsp3) is 0.158. The number of hydrogen-bond acceptors (Lipinski definition) is 5. The lowest BCUT2D eigenvalue weighted by molar-refractivity contribution is 0.0436. The summed E-state index contributed by atoms with van der Waals surface area (Å²) in [6.45, 7) is 1.92. The van der Waals surface area contributed by atoms with Gasteiger partial charge < -0.3 is 13.9 Å². The Morgan fingerprint density at radius 2 is 1.71 bits per heavy atom. The largest absolute Gasteiger partial charge is 0.465 e. The number of hydrogen-bond donors (Lipinski definition) is 0. The van der Waals surface area contributed by atoms with Gasteiger partial charge in [0.2, 0.25) is 5.76 Å². The van der Waals surface area contributed by atoms with E-state index < -0.39 is 11.9 Å². The lowest BCUT2D eigenvalue weighted by Gasteiger charge is -2.05. The molecule has 0 unspecified atom stereocenters. The lowest BCUT2D eigenvalue weighted by atomic mass is 10.1. The van der Waals surface area contributed by atoms with Crippen molar-refractivity contribution in [2.24, 2.45) is 0 Å². The Balaban J connectivity index is 1.70. The Bertz CT molecular complexity index is 890. The highest BCUT2D eigenvalue weighted by Crippen LogP contribution is 2.25. The molecule has 24 heavy (non-hydrogen) atoms. The van der Waals surface area contributed by atoms with Crippen LogP contribution in [0.2, 0.25) is 0 Å². The first-order chi connectivity index (χ1) is 11.6. The van der Waals surface area contributed by atoms with Gasteiger partial charge in [-0.1, -0.05) is 30.3 Å². The summed E-state index contributed by atoms with van der Waals surface area (Å²) in [6, 6.07) is 14.1. The zero-order chi connectivity index (χ0) is 17.1. The average molecular weight is 324 g/mol. The molecule has 0 aliphatic rings. The van der Waals surface area contributed by atoms with Gasteiger partial charge >= 0.3 is 11.9 Å². The maximum absolute atomic E-state index is 12.2. The van der Waals surface area contributed by atoms with Crippen molar-refractivity contribution in [2.45, 2.75) is 13.5 Å². The molecule has 0 radical (unpaired) electrons. The van der Waals surface area contributed by atoms with Gasteiger partial charge in [-0.3, -0.25) is 0 Å². The number of methoxy groups -OCH3 is 1. The molecule has 0 atom stereocenters. The third-order valence-electron chi connectivity index (χ3n) is 3.77. The van der Waals surface area contributed by atoms with Crippen LogP contribution in [-0.2, 0) is 16.1 Å². The first kappa shape index (κ1) is 15.8. The van der Waals surface area contributed by atoms with Crippen molar-refractivity contribution in [1.29, 1.82) is 0 Å². The Morgan fingerprint density at radius 1 is 1.00 bits per heavy atom. The molecule has 0 bridgehead atoms. The van der Waals surface area contributed by atoms with Gasteiger partial charge in [0.05, 0.1) is 12.7 Å². The normalized spacial score (nSPS) is 10.6. The highest BCUT2D eigenvalue weighted by Gasteiger charge is 2.18. The Kier molecular flexibility index (Phi) is 4.33. The van der Waals surface area contributed by atoms with E-state index in [4.69, 9.17) is 9.15 Å². The van der Waals surface area contributed by atoms with E-state index in [1.54, 1.807) is 24.3 Å². The quantitative estimate of drug-likeness (QED) is 0.681. The number of furan rings is 1. The van der Waals surface area contributed by atoms with Crippen molar-refractivity contribution in [3.63, 3.8) is 0 Å². The van der Waals surface area contributed by atoms with Crippen molar-refractivity contribution in [3.05, 3.63) is 71.0 Å². The van der Waals surface area contributed by atoms with E-state index in [1.807, 2.05) is 31.2 Å². The molecule has 3 rings (SSSR count). The standard InChI is InChI=1S/C19H16O5/c1-12-15-5-3-4-6-16(15)24-17(12)19(21)23-11-13-7-9-14(10-8-13)18(20)22-2/h3-10H,11H2,1-2H3. The van der Waals surface area contributed by atoms with Crippen LogP contribution in [0.15, 0.2) is 52.9 Å². The Labute approximate surface area is 138 Å². The van der Waals surface area contributed by atoms with Crippen LogP contribution in [0.5, 0.6) is 0 Å². The van der Waals surface area contributed by atoms with Crippen molar-refractivity contribution in [3.8, 4) is 0 Å². The molecule has 1 heterocycles. The molecular weight excluding hydrogens is 308 g/mol. The molecule has 0 saturated heterocycles. The van der Waals surface area contributed by atoms with Gasteiger partial charge in [-0.2, -0.15) is 0 Å². The second-order valence-corrected chi connectivity index (χ2v) is 5.32. The van der Waals surface area contributed by atoms with Crippen LogP contribution in [0, 0.1) is 6.92 Å². The summed E-state index contributed by atoms with van der Waals surface area (Å²) >= 11 is 0. The van der Waals surface area contributed by atoms with Crippen LogP contribution in [0.4, 0.5) is 0 Å². The minimum absolute atomic E-state index is 0.0940. The maximum Gasteiger partial charge on any atom is 0.374 e. The van der Waals surface area contributed by atoms with Crippen LogP contribution < -0.4 is 0 Å². The van der Waals surface area contributed by atoms with E-state index in [-0.39, 0.29) is 12.4 Å². The number of esters is 2. The van der Waals surface area contributed by atoms with Gasteiger partial charge in [0, 0.05) is 10.9 Å². The molecule has 0 amide bonds. The van der Waals surface area contributed by atoms with E-state index in [2.05, 4.69) is 4.74 Å². The summed E-state index contributed by atoms with van der Waals surface area (Å²) in [4.78, 5) is 23.6. The molecule has 0 spiro atoms. The molecule has 1 aromatic heterocycles. The van der Waals surface area contributed by atoms with Gasteiger partial charge in [-0.15, -0.1) is 0 Å². The van der Waals surface area contributed by atoms with Crippen molar-refractivity contribution in [1.82, 2.24) is 0 Å². The summed E-state index contributed by atoms with van der Waals surface area (Å²) in [7, 11) is 1.33. The van der Waals surface area contributed by atoms with E-state index in [0.29, 0.717) is 11.1 Å². The third kappa shape index (κ3) is 3.01. The topological polar surface area (TPSA) is 65.7 Å². The zero-order valence-electron chi connectivity index (χ0n) is 13.4. The van der Waals surface area contributed by atoms with E-state index in [9.17, 15) is 9.59 Å². The van der Waals surface area contributed by atoms with Crippen LogP contribution in [0.25, 0.3) is 11.0 Å². The van der Waals surface area contributed by atoms with Gasteiger partial charge in [0.25, 0.3) is 0 Å². The fourth-order valence-corrected chi connectivity index (χ4v) is 2.44. The van der Waals surface area contributed by atoms with E-state index in [1.165, 1.54) is 7.11 Å². The van der Waals surface area contributed by atoms with Gasteiger partial charge in [0.15, 0.2) is 0 Å². The van der Waals surface area contributed by atoms with Crippen molar-refractivity contribution >= 4 is 22.9 Å². The molecule has 0 fully saturated rings. The SMILES string of the molecule is COC(=O)c1ccc(COC(=O)c2oc3ccccc3c2C)cc1. The maximum atomic E-state index is 12.2. The molecule has 5 nitrogen and oxygen atoms in total. The number of carbonyl (C=O) groups excluding carboxylic acids is 2. The number of carbonyl (C=O) groups is 2. The van der Waals surface area contributed by atoms with Crippen LogP contribution in [-0.4, -0.2) is 19.0 Å². The van der Waals surface area contributed by atoms with Gasteiger partial charge in [-0.05, 0) is 30.7 Å². The van der Waals surface area contributed by atoms with E-state index in [0.717, 1.165) is 16.5 Å². The van der Waals surface area contributed by atoms with Gasteiger partial charge in [-0.25, -0.2) is 9.59 Å². The highest BCUT2D eigenvalue weighted by atomic mass is 16.5. The lowest BCUT2D eigenvalue weighted by Crippen LogP contribution is -2.06. The molecule has 2 aromatic carbocycles. The fourth-order valence-electron chi connectivity index (χ4n) is 2.44. The molecule has 0 aliphatic carbocycles. The number of rotatable bonds is 4. The Morgan fingerprint density at radius 3 is 2.38 bits per heavy atom. The minimum atomic E-state index is -0.513. The third-order valence-corrected chi connectivity index (χ3v) is 3.77. The molecule has 5 heteroatoms. The number of fused-ring (bicyclic) bond motifs is 1. The molecule has 0 aliphatic heterocycles. The second-order valence-electron chi connectivity index (χ2n) is 5.32. The number of aryl methyl sites for hydroxylation is 1. The smallest absolute Gasteiger partial charge is 0.374 e. The highest BCUT2D eigenvalue weighted by molar-refractivity contribution is 5.95. The monoisotopic (exact) mass is 324 g/mol. The van der Waals surface area contributed by atoms with Crippen molar-refractivity contribution in [2.75, 3.05) is 7.11 Å². The summed E-state index contributed by atoms with van der Waals surface area (Å²) in [5, 5.41) is 0.895. The summed E-state index contributed by atoms with van der Waals surface area (Å²) in [6.07, 6.45) is 0. The first-order valence-electron chi connectivity index (χ1n) is 7.42. The predicted molar refractivity (Wildman–Crippen MR) is 87.9 cm³/mol. The van der Waals surface area contributed by atoms with Gasteiger partial charge in [0.1, 0.15) is 12.2 Å². The van der Waals surface area contributed by atoms with Crippen LogP contribution >= 0.6 is 0 Å². The minimum Gasteiger partial charge on any atom is -0.465 e. The summed E-state index contributed by atoms with van der Waals surface area (Å²) < 4.78 is 15.5.